The van der Waals surface area contributed by atoms with Crippen LogP contribution >= 0.6 is 11.3 Å². The number of pyridine rings is 1. The highest BCUT2D eigenvalue weighted by Gasteiger charge is 2.42. The number of thiophene rings is 1. The Morgan fingerprint density at radius 3 is 2.77 bits per heavy atom. The van der Waals surface area contributed by atoms with Crippen LogP contribution in [0, 0.1) is 5.92 Å². The van der Waals surface area contributed by atoms with E-state index >= 15 is 0 Å². The second-order valence-electron chi connectivity index (χ2n) is 6.91. The van der Waals surface area contributed by atoms with Crippen molar-refractivity contribution in [2.45, 2.75) is 26.3 Å². The van der Waals surface area contributed by atoms with Crippen molar-refractivity contribution in [3.63, 3.8) is 0 Å². The van der Waals surface area contributed by atoms with E-state index in [2.05, 4.69) is 16.8 Å². The van der Waals surface area contributed by atoms with Crippen LogP contribution in [0.4, 0.5) is 0 Å². The molecule has 1 fully saturated rings. The van der Waals surface area contributed by atoms with Gasteiger partial charge in [-0.25, -0.2) is 0 Å². The first kappa shape index (κ1) is 17.0. The van der Waals surface area contributed by atoms with E-state index in [4.69, 9.17) is 0 Å². The molecule has 0 bridgehead atoms. The van der Waals surface area contributed by atoms with Crippen molar-refractivity contribution >= 4 is 28.7 Å². The Bertz CT molecular complexity index is 845. The number of imide groups is 1. The Kier molecular flexibility index (Phi) is 4.59. The van der Waals surface area contributed by atoms with Crippen molar-refractivity contribution in [3.8, 4) is 0 Å². The molecule has 0 aliphatic carbocycles. The summed E-state index contributed by atoms with van der Waals surface area (Å²) in [5, 5.41) is 1.94. The van der Waals surface area contributed by atoms with Gasteiger partial charge in [-0.05, 0) is 42.3 Å². The molecule has 2 aromatic rings. The topological polar surface area (TPSA) is 53.5 Å². The first-order valence-electron chi connectivity index (χ1n) is 8.94. The lowest BCUT2D eigenvalue weighted by molar-refractivity contribution is -0.138. The molecule has 5 nitrogen and oxygen atoms in total. The third kappa shape index (κ3) is 3.05. The molecule has 2 aliphatic heterocycles. The maximum atomic E-state index is 13.2. The molecule has 0 aromatic carbocycles. The second kappa shape index (κ2) is 7.03. The van der Waals surface area contributed by atoms with E-state index in [1.54, 1.807) is 6.20 Å². The number of carbonyl (C=O) groups is 2. The fraction of sp³-hybridized carbons (Fsp3) is 0.350. The minimum atomic E-state index is -0.212. The number of hydrogen-bond donors (Lipinski definition) is 0. The van der Waals surface area contributed by atoms with Crippen molar-refractivity contribution in [3.05, 3.63) is 58.2 Å². The third-order valence-electron chi connectivity index (χ3n) is 4.93. The fourth-order valence-corrected chi connectivity index (χ4v) is 4.45. The first-order chi connectivity index (χ1) is 12.6. The summed E-state index contributed by atoms with van der Waals surface area (Å²) in [5.74, 6) is 0.114. The van der Waals surface area contributed by atoms with E-state index in [0.717, 1.165) is 30.8 Å². The van der Waals surface area contributed by atoms with Gasteiger partial charge in [0.25, 0.3) is 11.8 Å². The van der Waals surface area contributed by atoms with E-state index in [1.165, 1.54) is 16.2 Å². The fourth-order valence-electron chi connectivity index (χ4n) is 3.69. The van der Waals surface area contributed by atoms with Crippen molar-refractivity contribution in [1.29, 1.82) is 0 Å². The number of aromatic nitrogens is 1. The average Bonchev–Trinajstić information content (AvgIpc) is 3.25. The van der Waals surface area contributed by atoms with Gasteiger partial charge >= 0.3 is 0 Å². The number of likely N-dealkylation sites (tertiary alicyclic amines) is 1. The summed E-state index contributed by atoms with van der Waals surface area (Å²) in [6, 6.07) is 9.37. The molecule has 1 unspecified atom stereocenters. The molecular weight excluding hydrogens is 346 g/mol. The summed E-state index contributed by atoms with van der Waals surface area (Å²) in [4.78, 5) is 35.0. The maximum Gasteiger partial charge on any atom is 0.278 e. The molecule has 4 heterocycles. The van der Waals surface area contributed by atoms with E-state index in [-0.39, 0.29) is 18.4 Å². The predicted molar refractivity (Wildman–Crippen MR) is 101 cm³/mol. The lowest BCUT2D eigenvalue weighted by atomic mass is 9.99. The van der Waals surface area contributed by atoms with Crippen LogP contribution in [-0.2, 0) is 16.1 Å². The van der Waals surface area contributed by atoms with Gasteiger partial charge in [-0.1, -0.05) is 19.1 Å². The molecule has 0 radical (unpaired) electrons. The van der Waals surface area contributed by atoms with E-state index in [0.29, 0.717) is 22.9 Å². The molecule has 134 valence electrons. The molecule has 4 rings (SSSR count). The molecule has 2 amide bonds. The Morgan fingerprint density at radius 1 is 1.19 bits per heavy atom. The van der Waals surface area contributed by atoms with E-state index < -0.39 is 0 Å². The van der Waals surface area contributed by atoms with Gasteiger partial charge in [-0.15, -0.1) is 11.3 Å². The highest BCUT2D eigenvalue weighted by Crippen LogP contribution is 2.36. The summed E-state index contributed by atoms with van der Waals surface area (Å²) < 4.78 is 0. The summed E-state index contributed by atoms with van der Waals surface area (Å²) in [6.07, 6.45) is 3.89. The van der Waals surface area contributed by atoms with E-state index in [9.17, 15) is 9.59 Å². The maximum absolute atomic E-state index is 13.2. The SMILES string of the molecule is CC1CCCN(C2=C(c3cccs3)C(=O)N(Cc3ccccn3)C2=O)C1. The quantitative estimate of drug-likeness (QED) is 0.779. The van der Waals surface area contributed by atoms with Crippen LogP contribution in [0.2, 0.25) is 0 Å². The van der Waals surface area contributed by atoms with Crippen molar-refractivity contribution in [2.75, 3.05) is 13.1 Å². The molecule has 2 aromatic heterocycles. The zero-order valence-electron chi connectivity index (χ0n) is 14.7. The van der Waals surface area contributed by atoms with Crippen LogP contribution in [0.1, 0.15) is 30.3 Å². The van der Waals surface area contributed by atoms with Crippen LogP contribution in [0.3, 0.4) is 0 Å². The van der Waals surface area contributed by atoms with Crippen LogP contribution in [0.15, 0.2) is 47.6 Å². The molecule has 0 N–H and O–H groups in total. The molecule has 0 saturated carbocycles. The molecule has 6 heteroatoms. The Hall–Kier alpha value is -2.47. The van der Waals surface area contributed by atoms with Gasteiger partial charge in [0.1, 0.15) is 5.70 Å². The lowest BCUT2D eigenvalue weighted by Crippen LogP contribution is -2.39. The average molecular weight is 367 g/mol. The molecule has 26 heavy (non-hydrogen) atoms. The predicted octanol–water partition coefficient (Wildman–Crippen LogP) is 3.16. The number of hydrogen-bond acceptors (Lipinski definition) is 5. The third-order valence-corrected chi connectivity index (χ3v) is 5.82. The van der Waals surface area contributed by atoms with Crippen molar-refractivity contribution in [1.82, 2.24) is 14.8 Å². The zero-order chi connectivity index (χ0) is 18.1. The van der Waals surface area contributed by atoms with Gasteiger partial charge in [-0.3, -0.25) is 19.5 Å². The van der Waals surface area contributed by atoms with Gasteiger partial charge in [0.2, 0.25) is 0 Å². The monoisotopic (exact) mass is 367 g/mol. The molecule has 0 spiro atoms. The largest absolute Gasteiger partial charge is 0.366 e. The van der Waals surface area contributed by atoms with Gasteiger partial charge in [0, 0.05) is 24.2 Å². The van der Waals surface area contributed by atoms with Gasteiger partial charge in [0.15, 0.2) is 0 Å². The van der Waals surface area contributed by atoms with Crippen LogP contribution in [-0.4, -0.2) is 39.7 Å². The smallest absolute Gasteiger partial charge is 0.278 e. The Labute approximate surface area is 157 Å². The van der Waals surface area contributed by atoms with Crippen molar-refractivity contribution < 1.29 is 9.59 Å². The number of rotatable bonds is 4. The molecule has 2 aliphatic rings. The van der Waals surface area contributed by atoms with Gasteiger partial charge < -0.3 is 4.90 Å². The summed E-state index contributed by atoms with van der Waals surface area (Å²) in [6.45, 7) is 4.05. The first-order valence-corrected chi connectivity index (χ1v) is 9.82. The number of piperidine rings is 1. The zero-order valence-corrected chi connectivity index (χ0v) is 15.5. The standard InChI is InChI=1S/C20H21N3O2S/c1-14-6-4-10-22(12-14)18-17(16-8-5-11-26-16)19(24)23(20(18)25)13-15-7-2-3-9-21-15/h2-3,5,7-9,11,14H,4,6,10,12-13H2,1H3. The number of amides is 2. The highest BCUT2D eigenvalue weighted by atomic mass is 32.1. The minimum Gasteiger partial charge on any atom is -0.366 e. The van der Waals surface area contributed by atoms with E-state index in [1.807, 2.05) is 35.7 Å². The van der Waals surface area contributed by atoms with Crippen LogP contribution in [0.5, 0.6) is 0 Å². The molecular formula is C20H21N3O2S. The minimum absolute atomic E-state index is 0.196. The Balaban J connectivity index is 1.71. The molecule has 1 atom stereocenters. The highest BCUT2D eigenvalue weighted by molar-refractivity contribution is 7.11. The van der Waals surface area contributed by atoms with Crippen LogP contribution < -0.4 is 0 Å². The Morgan fingerprint density at radius 2 is 2.08 bits per heavy atom. The summed E-state index contributed by atoms with van der Waals surface area (Å²) in [5.41, 5.74) is 1.84. The normalized spacial score (nSPS) is 21.0. The lowest BCUT2D eigenvalue weighted by Gasteiger charge is -2.33. The number of nitrogens with zero attached hydrogens (tertiary/aromatic N) is 3. The van der Waals surface area contributed by atoms with Crippen LogP contribution in [0.25, 0.3) is 5.57 Å². The van der Waals surface area contributed by atoms with Gasteiger partial charge in [0.05, 0.1) is 17.8 Å². The van der Waals surface area contributed by atoms with Gasteiger partial charge in [-0.2, -0.15) is 0 Å². The second-order valence-corrected chi connectivity index (χ2v) is 7.86. The van der Waals surface area contributed by atoms with Crippen molar-refractivity contribution in [2.24, 2.45) is 5.92 Å². The molecule has 1 saturated heterocycles. The summed E-state index contributed by atoms with van der Waals surface area (Å²) in [7, 11) is 0. The summed E-state index contributed by atoms with van der Waals surface area (Å²) >= 11 is 1.50. The number of carbonyl (C=O) groups excluding carboxylic acids is 2.